The van der Waals surface area contributed by atoms with Gasteiger partial charge in [0.2, 0.25) is 0 Å². The topological polar surface area (TPSA) is 92.0 Å². The third-order valence-corrected chi connectivity index (χ3v) is 6.87. The standard InChI is InChI=1S/C22H26FN7O/c1-21-8-9-22(2,28-21)20(23)17(11-21)29(3)19-7-6-16(26-27-19)15-5-4-14(10-18(15)31)30-12-24-25-13-30/h4-7,10,12-13,17,20,28,31H,8-9,11H2,1-3H3/t17-,20-,21-,22+/m0/s1. The van der Waals surface area contributed by atoms with E-state index in [1.807, 2.05) is 31.0 Å². The monoisotopic (exact) mass is 423 g/mol. The fourth-order valence-corrected chi connectivity index (χ4v) is 5.09. The molecule has 162 valence electrons. The van der Waals surface area contributed by atoms with E-state index in [0.717, 1.165) is 24.9 Å². The molecular weight excluding hydrogens is 397 g/mol. The Labute approximate surface area is 180 Å². The molecule has 2 fully saturated rings. The summed E-state index contributed by atoms with van der Waals surface area (Å²) in [4.78, 5) is 1.90. The largest absolute Gasteiger partial charge is 0.507 e. The number of aromatic nitrogens is 5. The fraction of sp³-hybridized carbons (Fsp3) is 0.455. The van der Waals surface area contributed by atoms with Gasteiger partial charge in [-0.3, -0.25) is 4.57 Å². The molecule has 0 unspecified atom stereocenters. The number of nitrogens with zero attached hydrogens (tertiary/aromatic N) is 6. The van der Waals surface area contributed by atoms with Crippen molar-refractivity contribution in [1.82, 2.24) is 30.3 Å². The van der Waals surface area contributed by atoms with Crippen LogP contribution in [0, 0.1) is 0 Å². The molecule has 2 saturated heterocycles. The molecule has 0 amide bonds. The van der Waals surface area contributed by atoms with Crippen molar-refractivity contribution in [3.8, 4) is 22.7 Å². The Bertz CT molecular complexity index is 1090. The van der Waals surface area contributed by atoms with Crippen molar-refractivity contribution >= 4 is 5.82 Å². The predicted octanol–water partition coefficient (Wildman–Crippen LogP) is 2.88. The summed E-state index contributed by atoms with van der Waals surface area (Å²) in [7, 11) is 1.88. The number of phenolic OH excluding ortho intramolecular Hbond substituents is 1. The number of phenols is 1. The van der Waals surface area contributed by atoms with Gasteiger partial charge >= 0.3 is 0 Å². The van der Waals surface area contributed by atoms with Gasteiger partial charge in [0.15, 0.2) is 5.82 Å². The van der Waals surface area contributed by atoms with Crippen LogP contribution in [0.3, 0.4) is 0 Å². The highest BCUT2D eigenvalue weighted by molar-refractivity contribution is 5.69. The van der Waals surface area contributed by atoms with Gasteiger partial charge in [-0.2, -0.15) is 0 Å². The van der Waals surface area contributed by atoms with Crippen LogP contribution in [0.2, 0.25) is 0 Å². The van der Waals surface area contributed by atoms with Gasteiger partial charge in [-0.25, -0.2) is 4.39 Å². The third kappa shape index (κ3) is 3.33. The fourth-order valence-electron chi connectivity index (χ4n) is 5.09. The molecule has 2 N–H and O–H groups in total. The van der Waals surface area contributed by atoms with Gasteiger partial charge in [0.1, 0.15) is 24.6 Å². The van der Waals surface area contributed by atoms with E-state index in [2.05, 4.69) is 32.6 Å². The number of alkyl halides is 1. The maximum atomic E-state index is 15.4. The molecule has 8 nitrogen and oxygen atoms in total. The van der Waals surface area contributed by atoms with Crippen molar-refractivity contribution in [2.75, 3.05) is 11.9 Å². The van der Waals surface area contributed by atoms with Crippen LogP contribution in [-0.4, -0.2) is 60.4 Å². The molecule has 2 aliphatic heterocycles. The van der Waals surface area contributed by atoms with Gasteiger partial charge in [-0.15, -0.1) is 20.4 Å². The number of halogens is 1. The number of anilines is 1. The molecule has 2 aromatic heterocycles. The van der Waals surface area contributed by atoms with E-state index in [1.165, 1.54) is 0 Å². The van der Waals surface area contributed by atoms with Crippen LogP contribution in [0.25, 0.3) is 16.9 Å². The van der Waals surface area contributed by atoms with Crippen LogP contribution in [-0.2, 0) is 0 Å². The van der Waals surface area contributed by atoms with Crippen molar-refractivity contribution in [2.45, 2.75) is 56.4 Å². The summed E-state index contributed by atoms with van der Waals surface area (Å²) in [5.41, 5.74) is 1.31. The maximum Gasteiger partial charge on any atom is 0.151 e. The van der Waals surface area contributed by atoms with Crippen molar-refractivity contribution in [2.24, 2.45) is 0 Å². The van der Waals surface area contributed by atoms with Gasteiger partial charge in [-0.1, -0.05) is 0 Å². The molecule has 3 aromatic rings. The number of piperidine rings is 1. The lowest BCUT2D eigenvalue weighted by molar-refractivity contribution is 0.0859. The molecule has 31 heavy (non-hydrogen) atoms. The summed E-state index contributed by atoms with van der Waals surface area (Å²) in [5.74, 6) is 0.701. The highest BCUT2D eigenvalue weighted by Gasteiger charge is 2.56. The van der Waals surface area contributed by atoms with E-state index < -0.39 is 11.7 Å². The second kappa shape index (κ2) is 6.98. The summed E-state index contributed by atoms with van der Waals surface area (Å²) < 4.78 is 17.1. The van der Waals surface area contributed by atoms with E-state index in [-0.39, 0.29) is 17.3 Å². The lowest BCUT2D eigenvalue weighted by atomic mass is 9.82. The van der Waals surface area contributed by atoms with Crippen LogP contribution in [0.4, 0.5) is 10.2 Å². The summed E-state index contributed by atoms with van der Waals surface area (Å²) >= 11 is 0. The molecule has 0 spiro atoms. The lowest BCUT2D eigenvalue weighted by Gasteiger charge is -2.47. The Hall–Kier alpha value is -3.07. The Morgan fingerprint density at radius 3 is 2.58 bits per heavy atom. The normalized spacial score (nSPS) is 29.8. The van der Waals surface area contributed by atoms with Crippen LogP contribution < -0.4 is 10.2 Å². The smallest absolute Gasteiger partial charge is 0.151 e. The first-order valence-electron chi connectivity index (χ1n) is 10.5. The van der Waals surface area contributed by atoms with Crippen LogP contribution in [0.5, 0.6) is 5.75 Å². The molecule has 0 saturated carbocycles. The first-order chi connectivity index (χ1) is 14.8. The van der Waals surface area contributed by atoms with Gasteiger partial charge in [0.25, 0.3) is 0 Å². The number of benzene rings is 1. The van der Waals surface area contributed by atoms with Crippen LogP contribution >= 0.6 is 0 Å². The molecular formula is C22H26FN7O. The van der Waals surface area contributed by atoms with Crippen molar-refractivity contribution in [3.63, 3.8) is 0 Å². The van der Waals surface area contributed by atoms with E-state index >= 15 is 4.39 Å². The second-order valence-corrected chi connectivity index (χ2v) is 9.23. The zero-order valence-corrected chi connectivity index (χ0v) is 17.8. The minimum Gasteiger partial charge on any atom is -0.507 e. The Morgan fingerprint density at radius 2 is 1.90 bits per heavy atom. The maximum absolute atomic E-state index is 15.4. The van der Waals surface area contributed by atoms with Gasteiger partial charge in [0.05, 0.1) is 17.4 Å². The van der Waals surface area contributed by atoms with Crippen LogP contribution in [0.1, 0.15) is 33.1 Å². The highest BCUT2D eigenvalue weighted by Crippen LogP contribution is 2.45. The summed E-state index contributed by atoms with van der Waals surface area (Å²) in [5, 5.41) is 30.2. The van der Waals surface area contributed by atoms with Gasteiger partial charge < -0.3 is 15.3 Å². The van der Waals surface area contributed by atoms with Gasteiger partial charge in [-0.05, 0) is 57.4 Å². The molecule has 2 bridgehead atoms. The van der Waals surface area contributed by atoms with Crippen molar-refractivity contribution in [1.29, 1.82) is 0 Å². The first kappa shape index (κ1) is 19.9. The quantitative estimate of drug-likeness (QED) is 0.667. The SMILES string of the molecule is CN(c1ccc(-c2ccc(-n3cnnc3)cc2O)nn1)[C@H]1C[C@]2(C)CC[C@@](C)(N2)[C@H]1F. The molecule has 1 aromatic carbocycles. The molecule has 4 heterocycles. The summed E-state index contributed by atoms with van der Waals surface area (Å²) in [6.07, 6.45) is 4.65. The summed E-state index contributed by atoms with van der Waals surface area (Å²) in [6, 6.07) is 8.62. The average molecular weight is 423 g/mol. The van der Waals surface area contributed by atoms with E-state index in [4.69, 9.17) is 0 Å². The minimum absolute atomic E-state index is 0.0536. The molecule has 9 heteroatoms. The predicted molar refractivity (Wildman–Crippen MR) is 115 cm³/mol. The van der Waals surface area contributed by atoms with E-state index in [0.29, 0.717) is 17.1 Å². The second-order valence-electron chi connectivity index (χ2n) is 9.23. The Kier molecular flexibility index (Phi) is 4.47. The lowest BCUT2D eigenvalue weighted by Crippen LogP contribution is -2.65. The number of aromatic hydroxyl groups is 1. The first-order valence-corrected chi connectivity index (χ1v) is 10.5. The molecule has 0 radical (unpaired) electrons. The number of rotatable bonds is 4. The van der Waals surface area contributed by atoms with E-state index in [9.17, 15) is 5.11 Å². The number of fused-ring (bicyclic) bond motifs is 2. The zero-order valence-electron chi connectivity index (χ0n) is 17.8. The molecule has 5 rings (SSSR count). The average Bonchev–Trinajstić information content (AvgIpc) is 3.38. The van der Waals surface area contributed by atoms with Gasteiger partial charge in [0, 0.05) is 29.8 Å². The highest BCUT2D eigenvalue weighted by atomic mass is 19.1. The molecule has 2 aliphatic rings. The minimum atomic E-state index is -0.996. The Morgan fingerprint density at radius 1 is 1.13 bits per heavy atom. The number of hydrogen-bond acceptors (Lipinski definition) is 7. The van der Waals surface area contributed by atoms with Crippen molar-refractivity contribution < 1.29 is 9.50 Å². The summed E-state index contributed by atoms with van der Waals surface area (Å²) in [6.45, 7) is 4.15. The number of nitrogens with one attached hydrogen (secondary N) is 1. The zero-order chi connectivity index (χ0) is 21.8. The number of hydrogen-bond donors (Lipinski definition) is 2. The van der Waals surface area contributed by atoms with Crippen LogP contribution in [0.15, 0.2) is 43.0 Å². The molecule has 0 aliphatic carbocycles. The third-order valence-electron chi connectivity index (χ3n) is 6.87. The Balaban J connectivity index is 1.38. The molecule has 4 atom stereocenters. The van der Waals surface area contributed by atoms with E-state index in [1.54, 1.807) is 35.4 Å². The van der Waals surface area contributed by atoms with Crippen molar-refractivity contribution in [3.05, 3.63) is 43.0 Å².